The van der Waals surface area contributed by atoms with E-state index in [1.54, 1.807) is 12.1 Å². The standard InChI is InChI=1S/C15H19ClN2O2/c16-14-9-11(15(19)20)1-2-12(14)10-17-5-7-18(8-6-17)13-3-4-13/h1-2,9,13H,3-8,10H2,(H,19,20). The Hall–Kier alpha value is -1.10. The average Bonchev–Trinajstić information content (AvgIpc) is 3.26. The molecule has 0 bridgehead atoms. The highest BCUT2D eigenvalue weighted by Crippen LogP contribution is 2.28. The summed E-state index contributed by atoms with van der Waals surface area (Å²) in [6.07, 6.45) is 2.73. The second-order valence-electron chi connectivity index (χ2n) is 5.65. The fourth-order valence-electron chi connectivity index (χ4n) is 2.78. The van der Waals surface area contributed by atoms with Gasteiger partial charge in [0.05, 0.1) is 5.56 Å². The van der Waals surface area contributed by atoms with Crippen molar-refractivity contribution in [2.45, 2.75) is 25.4 Å². The zero-order valence-electron chi connectivity index (χ0n) is 11.4. The van der Waals surface area contributed by atoms with Gasteiger partial charge in [-0.3, -0.25) is 9.80 Å². The van der Waals surface area contributed by atoms with Crippen molar-refractivity contribution in [3.8, 4) is 0 Å². The predicted molar refractivity (Wildman–Crippen MR) is 78.3 cm³/mol. The molecule has 0 aromatic heterocycles. The maximum Gasteiger partial charge on any atom is 0.335 e. The molecule has 4 nitrogen and oxygen atoms in total. The minimum absolute atomic E-state index is 0.248. The van der Waals surface area contributed by atoms with Gasteiger partial charge < -0.3 is 5.11 Å². The quantitative estimate of drug-likeness (QED) is 0.925. The molecule has 2 aliphatic rings. The zero-order valence-corrected chi connectivity index (χ0v) is 12.1. The molecule has 20 heavy (non-hydrogen) atoms. The number of aromatic carboxylic acids is 1. The van der Waals surface area contributed by atoms with Gasteiger partial charge in [0.15, 0.2) is 0 Å². The van der Waals surface area contributed by atoms with Gasteiger partial charge in [0, 0.05) is 43.8 Å². The van der Waals surface area contributed by atoms with Crippen LogP contribution in [0.1, 0.15) is 28.8 Å². The highest BCUT2D eigenvalue weighted by Gasteiger charge is 2.31. The van der Waals surface area contributed by atoms with Gasteiger partial charge in [0.1, 0.15) is 0 Å². The maximum absolute atomic E-state index is 10.9. The molecule has 5 heteroatoms. The second-order valence-corrected chi connectivity index (χ2v) is 6.06. The molecule has 108 valence electrons. The van der Waals surface area contributed by atoms with E-state index in [2.05, 4.69) is 9.80 Å². The van der Waals surface area contributed by atoms with Crippen molar-refractivity contribution in [2.75, 3.05) is 26.2 Å². The normalized spacial score (nSPS) is 21.1. The third-order valence-corrected chi connectivity index (χ3v) is 4.52. The second kappa shape index (κ2) is 5.72. The van der Waals surface area contributed by atoms with E-state index in [1.807, 2.05) is 6.07 Å². The highest BCUT2D eigenvalue weighted by molar-refractivity contribution is 6.31. The van der Waals surface area contributed by atoms with Crippen LogP contribution in [0.4, 0.5) is 0 Å². The lowest BCUT2D eigenvalue weighted by atomic mass is 10.1. The summed E-state index contributed by atoms with van der Waals surface area (Å²) in [6.45, 7) is 5.20. The van der Waals surface area contributed by atoms with Crippen LogP contribution >= 0.6 is 11.6 Å². The van der Waals surface area contributed by atoms with Crippen molar-refractivity contribution in [3.63, 3.8) is 0 Å². The lowest BCUT2D eigenvalue weighted by molar-refractivity contribution is 0.0697. The summed E-state index contributed by atoms with van der Waals surface area (Å²) < 4.78 is 0. The molecule has 0 radical (unpaired) electrons. The molecule has 1 aromatic carbocycles. The zero-order chi connectivity index (χ0) is 14.1. The smallest absolute Gasteiger partial charge is 0.335 e. The first-order chi connectivity index (χ1) is 9.63. The van der Waals surface area contributed by atoms with Gasteiger partial charge in [0.2, 0.25) is 0 Å². The first kappa shape index (κ1) is 13.9. The molecule has 0 amide bonds. The Kier molecular flexibility index (Phi) is 3.96. The van der Waals surface area contributed by atoms with Crippen molar-refractivity contribution < 1.29 is 9.90 Å². The van der Waals surface area contributed by atoms with Gasteiger partial charge >= 0.3 is 5.97 Å². The van der Waals surface area contributed by atoms with Gasteiger partial charge in [-0.2, -0.15) is 0 Å². The van der Waals surface area contributed by atoms with Gasteiger partial charge in [-0.15, -0.1) is 0 Å². The van der Waals surface area contributed by atoms with Crippen LogP contribution in [0.5, 0.6) is 0 Å². The van der Waals surface area contributed by atoms with Crippen LogP contribution in [0, 0.1) is 0 Å². The van der Waals surface area contributed by atoms with Gasteiger partial charge in [-0.1, -0.05) is 17.7 Å². The first-order valence-corrected chi connectivity index (χ1v) is 7.49. The summed E-state index contributed by atoms with van der Waals surface area (Å²) in [4.78, 5) is 15.9. The van der Waals surface area contributed by atoms with Crippen LogP contribution in [0.2, 0.25) is 5.02 Å². The summed E-state index contributed by atoms with van der Waals surface area (Å²) in [7, 11) is 0. The maximum atomic E-state index is 10.9. The van der Waals surface area contributed by atoms with E-state index >= 15 is 0 Å². The lowest BCUT2D eigenvalue weighted by Crippen LogP contribution is -2.46. The van der Waals surface area contributed by atoms with E-state index < -0.39 is 5.97 Å². The van der Waals surface area contributed by atoms with E-state index in [4.69, 9.17) is 16.7 Å². The largest absolute Gasteiger partial charge is 0.478 e. The molecule has 1 aliphatic carbocycles. The van der Waals surface area contributed by atoms with E-state index in [9.17, 15) is 4.79 Å². The summed E-state index contributed by atoms with van der Waals surface area (Å²) in [5, 5.41) is 9.48. The summed E-state index contributed by atoms with van der Waals surface area (Å²) in [5.41, 5.74) is 1.26. The molecule has 2 fully saturated rings. The van der Waals surface area contributed by atoms with Gasteiger partial charge in [-0.25, -0.2) is 4.79 Å². The number of nitrogens with zero attached hydrogens (tertiary/aromatic N) is 2. The molecule has 0 unspecified atom stereocenters. The number of benzene rings is 1. The lowest BCUT2D eigenvalue weighted by Gasteiger charge is -2.34. The molecular formula is C15H19ClN2O2. The van der Waals surface area contributed by atoms with Crippen molar-refractivity contribution in [3.05, 3.63) is 34.3 Å². The number of hydrogen-bond acceptors (Lipinski definition) is 3. The topological polar surface area (TPSA) is 43.8 Å². The third-order valence-electron chi connectivity index (χ3n) is 4.16. The van der Waals surface area contributed by atoms with E-state index in [0.717, 1.165) is 44.3 Å². The summed E-state index contributed by atoms with van der Waals surface area (Å²) in [6, 6.07) is 5.85. The predicted octanol–water partition coefficient (Wildman–Crippen LogP) is 2.32. The molecule has 3 rings (SSSR count). The molecule has 1 aromatic rings. The Morgan fingerprint density at radius 3 is 2.50 bits per heavy atom. The minimum Gasteiger partial charge on any atom is -0.478 e. The monoisotopic (exact) mass is 294 g/mol. The van der Waals surface area contributed by atoms with Crippen LogP contribution in [0.3, 0.4) is 0 Å². The molecule has 1 saturated heterocycles. The Morgan fingerprint density at radius 1 is 1.25 bits per heavy atom. The molecule has 1 aliphatic heterocycles. The van der Waals surface area contributed by atoms with Crippen molar-refractivity contribution >= 4 is 17.6 Å². The van der Waals surface area contributed by atoms with Crippen molar-refractivity contribution in [1.82, 2.24) is 9.80 Å². The molecule has 0 spiro atoms. The van der Waals surface area contributed by atoms with Gasteiger partial charge in [-0.05, 0) is 30.5 Å². The van der Waals surface area contributed by atoms with Crippen LogP contribution < -0.4 is 0 Å². The summed E-state index contributed by atoms with van der Waals surface area (Å²) >= 11 is 6.18. The summed E-state index contributed by atoms with van der Waals surface area (Å²) in [5.74, 6) is -0.934. The third kappa shape index (κ3) is 3.14. The van der Waals surface area contributed by atoms with E-state index in [0.29, 0.717) is 5.02 Å². The Labute approximate surface area is 123 Å². The first-order valence-electron chi connectivity index (χ1n) is 7.11. The number of carboxylic acids is 1. The fraction of sp³-hybridized carbons (Fsp3) is 0.533. The SMILES string of the molecule is O=C(O)c1ccc(CN2CCN(C3CC3)CC2)c(Cl)c1. The van der Waals surface area contributed by atoms with Crippen LogP contribution in [-0.2, 0) is 6.54 Å². The van der Waals surface area contributed by atoms with Crippen molar-refractivity contribution in [1.29, 1.82) is 0 Å². The van der Waals surface area contributed by atoms with Crippen molar-refractivity contribution in [2.24, 2.45) is 0 Å². The van der Waals surface area contributed by atoms with E-state index in [-0.39, 0.29) is 5.56 Å². The Bertz CT molecular complexity index is 509. The van der Waals surface area contributed by atoms with Crippen LogP contribution in [0.15, 0.2) is 18.2 Å². The van der Waals surface area contributed by atoms with Gasteiger partial charge in [0.25, 0.3) is 0 Å². The highest BCUT2D eigenvalue weighted by atomic mass is 35.5. The number of carboxylic acid groups (broad SMARTS) is 1. The number of piperazine rings is 1. The average molecular weight is 295 g/mol. The number of halogens is 1. The minimum atomic E-state index is -0.934. The Morgan fingerprint density at radius 2 is 1.95 bits per heavy atom. The number of carbonyl (C=O) groups is 1. The van der Waals surface area contributed by atoms with Crippen LogP contribution in [-0.4, -0.2) is 53.1 Å². The fourth-order valence-corrected chi connectivity index (χ4v) is 3.02. The molecular weight excluding hydrogens is 276 g/mol. The number of hydrogen-bond donors (Lipinski definition) is 1. The number of rotatable bonds is 4. The Balaban J connectivity index is 1.59. The van der Waals surface area contributed by atoms with Crippen LogP contribution in [0.25, 0.3) is 0 Å². The molecule has 1 N–H and O–H groups in total. The van der Waals surface area contributed by atoms with E-state index in [1.165, 1.54) is 12.8 Å². The molecule has 1 heterocycles. The molecule has 0 atom stereocenters. The molecule has 1 saturated carbocycles.